The maximum atomic E-state index is 9.71. The van der Waals surface area contributed by atoms with Crippen LogP contribution in [0.1, 0.15) is 25.6 Å². The lowest BCUT2D eigenvalue weighted by molar-refractivity contribution is 0.198. The summed E-state index contributed by atoms with van der Waals surface area (Å²) >= 11 is 1.75. The zero-order valence-electron chi connectivity index (χ0n) is 8.55. The van der Waals surface area contributed by atoms with Crippen LogP contribution in [0.15, 0.2) is 18.6 Å². The summed E-state index contributed by atoms with van der Waals surface area (Å²) in [6, 6.07) is 0. The lowest BCUT2D eigenvalue weighted by Gasteiger charge is -2.09. The molecule has 1 aromatic heterocycles. The molecule has 1 heterocycles. The maximum absolute atomic E-state index is 9.71. The Hall–Kier alpha value is -0.610. The number of aromatic nitrogens is 2. The second-order valence-electron chi connectivity index (χ2n) is 3.58. The highest BCUT2D eigenvalue weighted by Gasteiger charge is 2.08. The van der Waals surface area contributed by atoms with Gasteiger partial charge in [0, 0.05) is 18.1 Å². The van der Waals surface area contributed by atoms with Crippen LogP contribution in [0.25, 0.3) is 0 Å². The van der Waals surface area contributed by atoms with Gasteiger partial charge >= 0.3 is 0 Å². The molecule has 0 aliphatic rings. The first-order valence-electron chi connectivity index (χ1n) is 4.72. The van der Waals surface area contributed by atoms with Crippen molar-refractivity contribution in [1.29, 1.82) is 0 Å². The molecule has 0 saturated carbocycles. The number of aliphatic hydroxyl groups excluding tert-OH is 1. The van der Waals surface area contributed by atoms with Crippen molar-refractivity contribution in [2.24, 2.45) is 5.92 Å². The van der Waals surface area contributed by atoms with Gasteiger partial charge in [-0.25, -0.2) is 0 Å². The molecule has 14 heavy (non-hydrogen) atoms. The van der Waals surface area contributed by atoms with E-state index in [1.54, 1.807) is 30.4 Å². The third kappa shape index (κ3) is 4.07. The first kappa shape index (κ1) is 11.5. The molecule has 0 saturated heterocycles. The highest BCUT2D eigenvalue weighted by atomic mass is 32.2. The molecule has 1 atom stereocenters. The van der Waals surface area contributed by atoms with Gasteiger partial charge < -0.3 is 5.11 Å². The van der Waals surface area contributed by atoms with E-state index in [1.807, 2.05) is 0 Å². The van der Waals surface area contributed by atoms with Crippen LogP contribution in [-0.4, -0.2) is 26.6 Å². The Balaban J connectivity index is 2.32. The number of hydrogen-bond donors (Lipinski definition) is 1. The van der Waals surface area contributed by atoms with E-state index >= 15 is 0 Å². The van der Waals surface area contributed by atoms with Crippen LogP contribution in [0, 0.1) is 5.92 Å². The lowest BCUT2D eigenvalue weighted by atomic mass is 10.3. The molecule has 1 rings (SSSR count). The highest BCUT2D eigenvalue weighted by molar-refractivity contribution is 7.99. The molecule has 78 valence electrons. The van der Waals surface area contributed by atoms with E-state index in [1.165, 1.54) is 0 Å². The van der Waals surface area contributed by atoms with Crippen molar-refractivity contribution in [3.63, 3.8) is 0 Å². The average Bonchev–Trinajstić information content (AvgIpc) is 2.18. The van der Waals surface area contributed by atoms with Gasteiger partial charge in [0.1, 0.15) is 6.10 Å². The standard InChI is InChI=1S/C10H16N2OS/c1-8(2)6-14-7-10(13)9-5-11-3-4-12-9/h3-5,8,10,13H,6-7H2,1-2H3. The molecule has 0 fully saturated rings. The molecule has 0 aromatic carbocycles. The predicted octanol–water partition coefficient (Wildman–Crippen LogP) is 1.90. The Morgan fingerprint density at radius 3 is 2.71 bits per heavy atom. The van der Waals surface area contributed by atoms with E-state index < -0.39 is 6.10 Å². The molecule has 0 spiro atoms. The van der Waals surface area contributed by atoms with Gasteiger partial charge in [-0.1, -0.05) is 13.8 Å². The van der Waals surface area contributed by atoms with Crippen molar-refractivity contribution < 1.29 is 5.11 Å². The number of aliphatic hydroxyl groups is 1. The SMILES string of the molecule is CC(C)CSCC(O)c1cnccn1. The van der Waals surface area contributed by atoms with Gasteiger partial charge in [-0.15, -0.1) is 0 Å². The number of rotatable bonds is 5. The smallest absolute Gasteiger partial charge is 0.106 e. The molecule has 0 aliphatic heterocycles. The van der Waals surface area contributed by atoms with Crippen molar-refractivity contribution in [1.82, 2.24) is 9.97 Å². The van der Waals surface area contributed by atoms with Crippen molar-refractivity contribution in [3.05, 3.63) is 24.3 Å². The molecule has 1 aromatic rings. The minimum Gasteiger partial charge on any atom is -0.386 e. The van der Waals surface area contributed by atoms with Crippen molar-refractivity contribution >= 4 is 11.8 Å². The molecule has 1 N–H and O–H groups in total. The van der Waals surface area contributed by atoms with Gasteiger partial charge in [0.05, 0.1) is 11.9 Å². The van der Waals surface area contributed by atoms with Crippen molar-refractivity contribution in [2.45, 2.75) is 20.0 Å². The summed E-state index contributed by atoms with van der Waals surface area (Å²) in [4.78, 5) is 7.97. The van der Waals surface area contributed by atoms with Gasteiger partial charge in [-0.2, -0.15) is 11.8 Å². The Morgan fingerprint density at radius 1 is 1.36 bits per heavy atom. The Morgan fingerprint density at radius 2 is 2.14 bits per heavy atom. The maximum Gasteiger partial charge on any atom is 0.106 e. The summed E-state index contributed by atoms with van der Waals surface area (Å²) in [5.74, 6) is 2.42. The highest BCUT2D eigenvalue weighted by Crippen LogP contribution is 2.17. The largest absolute Gasteiger partial charge is 0.386 e. The van der Waals surface area contributed by atoms with E-state index in [4.69, 9.17) is 0 Å². The quantitative estimate of drug-likeness (QED) is 0.809. The third-order valence-corrected chi connectivity index (χ3v) is 3.11. The van der Waals surface area contributed by atoms with Gasteiger partial charge in [-0.05, 0) is 11.7 Å². The normalized spacial score (nSPS) is 13.1. The minimum absolute atomic E-state index is 0.493. The van der Waals surface area contributed by atoms with E-state index in [0.29, 0.717) is 17.4 Å². The Kier molecular flexibility index (Phi) is 4.90. The summed E-state index contributed by atoms with van der Waals surface area (Å²) in [5, 5.41) is 9.71. The predicted molar refractivity (Wildman–Crippen MR) is 59.2 cm³/mol. The van der Waals surface area contributed by atoms with Gasteiger partial charge in [-0.3, -0.25) is 9.97 Å². The summed E-state index contributed by atoms with van der Waals surface area (Å²) in [7, 11) is 0. The second kappa shape index (κ2) is 5.98. The van der Waals surface area contributed by atoms with Crippen LogP contribution in [0.5, 0.6) is 0 Å². The molecule has 4 heteroatoms. The average molecular weight is 212 g/mol. The molecule has 0 amide bonds. The Bertz CT molecular complexity index is 254. The molecule has 3 nitrogen and oxygen atoms in total. The number of hydrogen-bond acceptors (Lipinski definition) is 4. The molecular weight excluding hydrogens is 196 g/mol. The minimum atomic E-state index is -0.493. The first-order chi connectivity index (χ1) is 6.70. The fourth-order valence-corrected chi connectivity index (χ4v) is 1.98. The molecule has 0 radical (unpaired) electrons. The lowest BCUT2D eigenvalue weighted by Crippen LogP contribution is -2.05. The van der Waals surface area contributed by atoms with Crippen LogP contribution in [-0.2, 0) is 0 Å². The summed E-state index contributed by atoms with van der Waals surface area (Å²) in [6.07, 6.45) is 4.33. The van der Waals surface area contributed by atoms with E-state index in [-0.39, 0.29) is 0 Å². The number of thioether (sulfide) groups is 1. The third-order valence-electron chi connectivity index (χ3n) is 1.65. The van der Waals surface area contributed by atoms with Gasteiger partial charge in [0.25, 0.3) is 0 Å². The van der Waals surface area contributed by atoms with Crippen LogP contribution in [0.2, 0.25) is 0 Å². The van der Waals surface area contributed by atoms with Gasteiger partial charge in [0.15, 0.2) is 0 Å². The topological polar surface area (TPSA) is 46.0 Å². The fraction of sp³-hybridized carbons (Fsp3) is 0.600. The van der Waals surface area contributed by atoms with Crippen LogP contribution < -0.4 is 0 Å². The monoisotopic (exact) mass is 212 g/mol. The molecule has 1 unspecified atom stereocenters. The number of nitrogens with zero attached hydrogens (tertiary/aromatic N) is 2. The van der Waals surface area contributed by atoms with Crippen LogP contribution in [0.4, 0.5) is 0 Å². The molecular formula is C10H16N2OS. The van der Waals surface area contributed by atoms with Crippen LogP contribution in [0.3, 0.4) is 0 Å². The van der Waals surface area contributed by atoms with Crippen molar-refractivity contribution in [2.75, 3.05) is 11.5 Å². The van der Waals surface area contributed by atoms with E-state index in [0.717, 1.165) is 5.75 Å². The van der Waals surface area contributed by atoms with Gasteiger partial charge in [0.2, 0.25) is 0 Å². The van der Waals surface area contributed by atoms with Crippen LogP contribution >= 0.6 is 11.8 Å². The van der Waals surface area contributed by atoms with Crippen molar-refractivity contribution in [3.8, 4) is 0 Å². The molecule has 0 aliphatic carbocycles. The molecule has 0 bridgehead atoms. The zero-order chi connectivity index (χ0) is 10.4. The summed E-state index contributed by atoms with van der Waals surface area (Å²) in [6.45, 7) is 4.34. The van der Waals surface area contributed by atoms with E-state index in [2.05, 4.69) is 23.8 Å². The zero-order valence-corrected chi connectivity index (χ0v) is 9.37. The van der Waals surface area contributed by atoms with E-state index in [9.17, 15) is 5.11 Å². The summed E-state index contributed by atoms with van der Waals surface area (Å²) < 4.78 is 0. The second-order valence-corrected chi connectivity index (χ2v) is 4.65. The fourth-order valence-electron chi connectivity index (χ4n) is 0.983. The summed E-state index contributed by atoms with van der Waals surface area (Å²) in [5.41, 5.74) is 0.656. The first-order valence-corrected chi connectivity index (χ1v) is 5.87. The Labute approximate surface area is 89.0 Å².